The highest BCUT2D eigenvalue weighted by Gasteiger charge is 2.12. The standard InChI is InChI=1S/C17H20N2O/c1-11-10-12(2)17(13(3)16(11)18-14(4)20)19-15-8-6-5-7-9-15/h5-10,19H,1-4H3,(H,18,20). The summed E-state index contributed by atoms with van der Waals surface area (Å²) in [5.74, 6) is -0.0503. The van der Waals surface area contributed by atoms with Crippen molar-refractivity contribution in [2.75, 3.05) is 10.6 Å². The first-order chi connectivity index (χ1) is 9.49. The molecule has 1 amide bonds. The predicted molar refractivity (Wildman–Crippen MR) is 84.7 cm³/mol. The summed E-state index contributed by atoms with van der Waals surface area (Å²) < 4.78 is 0. The lowest BCUT2D eigenvalue weighted by molar-refractivity contribution is -0.114. The van der Waals surface area contributed by atoms with Crippen molar-refractivity contribution in [3.8, 4) is 0 Å². The first kappa shape index (κ1) is 14.1. The van der Waals surface area contributed by atoms with Crippen LogP contribution in [-0.2, 0) is 4.79 Å². The van der Waals surface area contributed by atoms with Crippen LogP contribution < -0.4 is 10.6 Å². The Morgan fingerprint density at radius 1 is 0.950 bits per heavy atom. The maximum atomic E-state index is 11.3. The highest BCUT2D eigenvalue weighted by Crippen LogP contribution is 2.32. The number of aryl methyl sites for hydroxylation is 2. The number of hydrogen-bond donors (Lipinski definition) is 2. The molecule has 0 radical (unpaired) electrons. The van der Waals surface area contributed by atoms with Gasteiger partial charge in [0.05, 0.1) is 0 Å². The van der Waals surface area contributed by atoms with Crippen molar-refractivity contribution in [3.63, 3.8) is 0 Å². The van der Waals surface area contributed by atoms with Crippen LogP contribution in [0.3, 0.4) is 0 Å². The van der Waals surface area contributed by atoms with Gasteiger partial charge in [-0.15, -0.1) is 0 Å². The molecule has 104 valence electrons. The molecule has 0 saturated carbocycles. The Kier molecular flexibility index (Phi) is 4.08. The van der Waals surface area contributed by atoms with Crippen molar-refractivity contribution in [2.45, 2.75) is 27.7 Å². The second-order valence-electron chi connectivity index (χ2n) is 5.06. The first-order valence-electron chi connectivity index (χ1n) is 6.69. The maximum absolute atomic E-state index is 11.3. The molecule has 0 aliphatic rings. The van der Waals surface area contributed by atoms with Crippen LogP contribution in [0, 0.1) is 20.8 Å². The summed E-state index contributed by atoms with van der Waals surface area (Å²) in [5, 5.41) is 6.35. The molecule has 0 aliphatic heterocycles. The lowest BCUT2D eigenvalue weighted by Gasteiger charge is -2.19. The number of amides is 1. The van der Waals surface area contributed by atoms with E-state index in [9.17, 15) is 4.79 Å². The van der Waals surface area contributed by atoms with Crippen LogP contribution in [0.1, 0.15) is 23.6 Å². The average molecular weight is 268 g/mol. The largest absolute Gasteiger partial charge is 0.355 e. The van der Waals surface area contributed by atoms with Crippen molar-refractivity contribution >= 4 is 23.0 Å². The van der Waals surface area contributed by atoms with E-state index in [2.05, 4.69) is 23.6 Å². The van der Waals surface area contributed by atoms with Crippen molar-refractivity contribution in [1.29, 1.82) is 0 Å². The zero-order chi connectivity index (χ0) is 14.7. The van der Waals surface area contributed by atoms with Crippen LogP contribution in [0.2, 0.25) is 0 Å². The van der Waals surface area contributed by atoms with Gasteiger partial charge in [-0.2, -0.15) is 0 Å². The first-order valence-corrected chi connectivity index (χ1v) is 6.69. The molecule has 0 spiro atoms. The molecule has 3 nitrogen and oxygen atoms in total. The Labute approximate surface area is 120 Å². The quantitative estimate of drug-likeness (QED) is 0.870. The third-order valence-electron chi connectivity index (χ3n) is 3.32. The summed E-state index contributed by atoms with van der Waals surface area (Å²) in [6.07, 6.45) is 0. The van der Waals surface area contributed by atoms with Gasteiger partial charge in [0.25, 0.3) is 0 Å². The SMILES string of the molecule is CC(=O)Nc1c(C)cc(C)c(Nc2ccccc2)c1C. The molecule has 2 rings (SSSR count). The van der Waals surface area contributed by atoms with E-state index in [4.69, 9.17) is 0 Å². The van der Waals surface area contributed by atoms with Crippen LogP contribution in [0.4, 0.5) is 17.1 Å². The van der Waals surface area contributed by atoms with Crippen LogP contribution in [0.5, 0.6) is 0 Å². The molecule has 0 bridgehead atoms. The third-order valence-corrected chi connectivity index (χ3v) is 3.32. The molecular formula is C17H20N2O. The normalized spacial score (nSPS) is 10.2. The van der Waals surface area contributed by atoms with Crippen LogP contribution >= 0.6 is 0 Å². The van der Waals surface area contributed by atoms with Crippen LogP contribution in [0.15, 0.2) is 36.4 Å². The highest BCUT2D eigenvalue weighted by molar-refractivity contribution is 5.92. The molecule has 2 N–H and O–H groups in total. The number of carbonyl (C=O) groups is 1. The molecule has 0 aromatic heterocycles. The molecule has 3 heteroatoms. The number of benzene rings is 2. The zero-order valence-corrected chi connectivity index (χ0v) is 12.4. The van der Waals surface area contributed by atoms with Gasteiger partial charge in [0.2, 0.25) is 5.91 Å². The van der Waals surface area contributed by atoms with Gasteiger partial charge in [0.15, 0.2) is 0 Å². The Bertz CT molecular complexity index is 633. The van der Waals surface area contributed by atoms with Gasteiger partial charge in [-0.25, -0.2) is 0 Å². The lowest BCUT2D eigenvalue weighted by atomic mass is 10.0. The van der Waals surface area contributed by atoms with Crippen LogP contribution in [0.25, 0.3) is 0 Å². The smallest absolute Gasteiger partial charge is 0.221 e. The van der Waals surface area contributed by atoms with Gasteiger partial charge in [-0.3, -0.25) is 4.79 Å². The third kappa shape index (κ3) is 2.99. The molecule has 0 fully saturated rings. The van der Waals surface area contributed by atoms with E-state index in [0.29, 0.717) is 0 Å². The number of rotatable bonds is 3. The molecule has 0 atom stereocenters. The lowest BCUT2D eigenvalue weighted by Crippen LogP contribution is -2.10. The second kappa shape index (κ2) is 5.78. The van der Waals surface area contributed by atoms with E-state index in [1.807, 2.05) is 44.2 Å². The minimum Gasteiger partial charge on any atom is -0.355 e. The summed E-state index contributed by atoms with van der Waals surface area (Å²) in [7, 11) is 0. The molecule has 0 unspecified atom stereocenters. The summed E-state index contributed by atoms with van der Waals surface area (Å²) in [6, 6.07) is 12.1. The van der Waals surface area contributed by atoms with E-state index < -0.39 is 0 Å². The van der Waals surface area contributed by atoms with Crippen LogP contribution in [-0.4, -0.2) is 5.91 Å². The number of hydrogen-bond acceptors (Lipinski definition) is 2. The second-order valence-corrected chi connectivity index (χ2v) is 5.06. The van der Waals surface area contributed by atoms with Gasteiger partial charge in [-0.05, 0) is 49.6 Å². The minimum atomic E-state index is -0.0503. The number of para-hydroxylation sites is 1. The summed E-state index contributed by atoms with van der Waals surface area (Å²) in [5.41, 5.74) is 6.27. The van der Waals surface area contributed by atoms with E-state index in [1.54, 1.807) is 0 Å². The van der Waals surface area contributed by atoms with E-state index >= 15 is 0 Å². The molecule has 0 aliphatic carbocycles. The number of nitrogens with one attached hydrogen (secondary N) is 2. The minimum absolute atomic E-state index is 0.0503. The van der Waals surface area contributed by atoms with E-state index in [1.165, 1.54) is 6.92 Å². The number of anilines is 3. The number of carbonyl (C=O) groups excluding carboxylic acids is 1. The summed E-state index contributed by atoms with van der Waals surface area (Å²) in [6.45, 7) is 7.64. The van der Waals surface area contributed by atoms with Gasteiger partial charge in [-0.1, -0.05) is 24.3 Å². The zero-order valence-electron chi connectivity index (χ0n) is 12.4. The fraction of sp³-hybridized carbons (Fsp3) is 0.235. The van der Waals surface area contributed by atoms with Crippen molar-refractivity contribution in [2.24, 2.45) is 0 Å². The highest BCUT2D eigenvalue weighted by atomic mass is 16.1. The molecular weight excluding hydrogens is 248 g/mol. The maximum Gasteiger partial charge on any atom is 0.221 e. The fourth-order valence-corrected chi connectivity index (χ4v) is 2.41. The molecule has 2 aromatic rings. The fourth-order valence-electron chi connectivity index (χ4n) is 2.41. The average Bonchev–Trinajstić information content (AvgIpc) is 2.40. The topological polar surface area (TPSA) is 41.1 Å². The summed E-state index contributed by atoms with van der Waals surface area (Å²) in [4.78, 5) is 11.3. The van der Waals surface area contributed by atoms with Gasteiger partial charge >= 0.3 is 0 Å². The van der Waals surface area contributed by atoms with Crippen molar-refractivity contribution in [3.05, 3.63) is 53.1 Å². The molecule has 20 heavy (non-hydrogen) atoms. The van der Waals surface area contributed by atoms with Gasteiger partial charge < -0.3 is 10.6 Å². The van der Waals surface area contributed by atoms with Gasteiger partial charge in [0.1, 0.15) is 0 Å². The molecule has 0 saturated heterocycles. The van der Waals surface area contributed by atoms with Gasteiger partial charge in [0, 0.05) is 24.0 Å². The Balaban J connectivity index is 2.45. The van der Waals surface area contributed by atoms with Crippen molar-refractivity contribution < 1.29 is 4.79 Å². The predicted octanol–water partition coefficient (Wildman–Crippen LogP) is 4.31. The van der Waals surface area contributed by atoms with E-state index in [0.717, 1.165) is 33.8 Å². The molecule has 0 heterocycles. The summed E-state index contributed by atoms with van der Waals surface area (Å²) >= 11 is 0. The van der Waals surface area contributed by atoms with E-state index in [-0.39, 0.29) is 5.91 Å². The Morgan fingerprint density at radius 3 is 2.15 bits per heavy atom. The van der Waals surface area contributed by atoms with Crippen molar-refractivity contribution in [1.82, 2.24) is 0 Å². The monoisotopic (exact) mass is 268 g/mol. The Morgan fingerprint density at radius 2 is 1.55 bits per heavy atom. The Hall–Kier alpha value is -2.29. The molecule has 2 aromatic carbocycles.